The Labute approximate surface area is 124 Å². The van der Waals surface area contributed by atoms with Crippen LogP contribution in [0.1, 0.15) is 23.2 Å². The Kier molecular flexibility index (Phi) is 4.27. The van der Waals surface area contributed by atoms with Crippen molar-refractivity contribution in [2.45, 2.75) is 25.1 Å². The van der Waals surface area contributed by atoms with Crippen molar-refractivity contribution < 1.29 is 22.8 Å². The summed E-state index contributed by atoms with van der Waals surface area (Å²) in [6.45, 7) is -0.265. The van der Waals surface area contributed by atoms with Crippen LogP contribution in [0.3, 0.4) is 0 Å². The number of hydrazine groups is 1. The highest BCUT2D eigenvalue weighted by molar-refractivity contribution is 5.97. The number of carbonyl (C=O) groups excluding carboxylic acids is 2. The second kappa shape index (κ2) is 5.84. The van der Waals surface area contributed by atoms with E-state index in [4.69, 9.17) is 11.6 Å². The van der Waals surface area contributed by atoms with Crippen LogP contribution in [-0.4, -0.2) is 35.4 Å². The molecule has 1 aromatic carbocycles. The van der Waals surface area contributed by atoms with Gasteiger partial charge in [0.15, 0.2) is 0 Å². The molecule has 0 bridgehead atoms. The number of Topliss-reactive ketones (excluding diaryl/α,β-unsaturated/α-hetero) is 1. The van der Waals surface area contributed by atoms with Crippen LogP contribution in [0.4, 0.5) is 24.5 Å². The van der Waals surface area contributed by atoms with Crippen LogP contribution in [0, 0.1) is 0 Å². The lowest BCUT2D eigenvalue weighted by Gasteiger charge is -2.36. The number of benzene rings is 1. The molecule has 0 radical (unpaired) electrons. The summed E-state index contributed by atoms with van der Waals surface area (Å²) in [7, 11) is 0. The minimum Gasteiger partial charge on any atom is -0.397 e. The summed E-state index contributed by atoms with van der Waals surface area (Å²) in [5, 5.41) is 0. The Balaban J connectivity index is 2.30. The molecule has 1 amide bonds. The molecule has 1 saturated heterocycles. The van der Waals surface area contributed by atoms with Crippen LogP contribution < -0.4 is 17.0 Å². The van der Waals surface area contributed by atoms with Crippen LogP contribution in [-0.2, 0) is 4.79 Å². The Morgan fingerprint density at radius 2 is 2.05 bits per heavy atom. The third-order valence-electron chi connectivity index (χ3n) is 3.52. The zero-order valence-corrected chi connectivity index (χ0v) is 11.5. The Morgan fingerprint density at radius 3 is 2.59 bits per heavy atom. The molecule has 22 heavy (non-hydrogen) atoms. The Bertz CT molecular complexity index is 603. The predicted molar refractivity (Wildman–Crippen MR) is 73.8 cm³/mol. The van der Waals surface area contributed by atoms with Crippen molar-refractivity contribution in [1.82, 2.24) is 4.90 Å². The third kappa shape index (κ3) is 3.14. The van der Waals surface area contributed by atoms with Crippen molar-refractivity contribution >= 4 is 23.1 Å². The average molecular weight is 316 g/mol. The first-order chi connectivity index (χ1) is 10.2. The van der Waals surface area contributed by atoms with Gasteiger partial charge in [0.2, 0.25) is 0 Å². The van der Waals surface area contributed by atoms with Crippen molar-refractivity contribution in [1.29, 1.82) is 0 Å². The average Bonchev–Trinajstić information content (AvgIpc) is 2.45. The lowest BCUT2D eigenvalue weighted by Crippen LogP contribution is -2.53. The minimum atomic E-state index is -4.66. The van der Waals surface area contributed by atoms with Gasteiger partial charge in [-0.2, -0.15) is 13.2 Å². The zero-order chi connectivity index (χ0) is 16.5. The summed E-state index contributed by atoms with van der Waals surface area (Å²) in [6.07, 6.45) is -5.46. The number of amides is 1. The molecular formula is C13H15F3N4O2. The molecule has 2 rings (SSSR count). The summed E-state index contributed by atoms with van der Waals surface area (Å²) < 4.78 is 39.1. The third-order valence-corrected chi connectivity index (χ3v) is 3.52. The Hall–Kier alpha value is -2.29. The lowest BCUT2D eigenvalue weighted by molar-refractivity contribution is -0.185. The SMILES string of the molecule is NNc1ccc(C(=O)N2CCC(=O)CC2C(F)(F)F)cc1N. The van der Waals surface area contributed by atoms with E-state index in [1.165, 1.54) is 18.2 Å². The van der Waals surface area contributed by atoms with Gasteiger partial charge in [0.05, 0.1) is 11.4 Å². The second-order valence-corrected chi connectivity index (χ2v) is 5.00. The van der Waals surface area contributed by atoms with Gasteiger partial charge < -0.3 is 16.1 Å². The fourth-order valence-corrected chi connectivity index (χ4v) is 2.36. The summed E-state index contributed by atoms with van der Waals surface area (Å²) in [5.74, 6) is 3.88. The number of nitrogen functional groups attached to an aromatic ring is 2. The van der Waals surface area contributed by atoms with Crippen LogP contribution in [0.25, 0.3) is 0 Å². The van der Waals surface area contributed by atoms with E-state index in [0.717, 1.165) is 0 Å². The number of likely N-dealkylation sites (tertiary alicyclic amines) is 1. The van der Waals surface area contributed by atoms with E-state index in [9.17, 15) is 22.8 Å². The molecule has 1 heterocycles. The number of anilines is 2. The number of halogens is 3. The van der Waals surface area contributed by atoms with Crippen molar-refractivity contribution in [3.63, 3.8) is 0 Å². The largest absolute Gasteiger partial charge is 0.409 e. The van der Waals surface area contributed by atoms with E-state index in [2.05, 4.69) is 5.43 Å². The van der Waals surface area contributed by atoms with E-state index in [-0.39, 0.29) is 24.2 Å². The fourth-order valence-electron chi connectivity index (χ4n) is 2.36. The first-order valence-electron chi connectivity index (χ1n) is 6.49. The number of nitrogens with one attached hydrogen (secondary N) is 1. The number of alkyl halides is 3. The number of piperidine rings is 1. The maximum absolute atomic E-state index is 13.0. The van der Waals surface area contributed by atoms with Crippen LogP contribution in [0.15, 0.2) is 18.2 Å². The van der Waals surface area contributed by atoms with Gasteiger partial charge in [-0.25, -0.2) is 0 Å². The van der Waals surface area contributed by atoms with Gasteiger partial charge in [0.25, 0.3) is 5.91 Å². The quantitative estimate of drug-likeness (QED) is 0.433. The van der Waals surface area contributed by atoms with E-state index in [0.29, 0.717) is 10.6 Å². The highest BCUT2D eigenvalue weighted by Gasteiger charge is 2.48. The molecule has 1 aromatic rings. The van der Waals surface area contributed by atoms with Crippen molar-refractivity contribution in [2.24, 2.45) is 5.84 Å². The van der Waals surface area contributed by atoms with Crippen molar-refractivity contribution in [3.8, 4) is 0 Å². The highest BCUT2D eigenvalue weighted by Crippen LogP contribution is 2.32. The predicted octanol–water partition coefficient (Wildman–Crippen LogP) is 1.29. The van der Waals surface area contributed by atoms with Gasteiger partial charge in [0, 0.05) is 24.9 Å². The second-order valence-electron chi connectivity index (χ2n) is 5.00. The van der Waals surface area contributed by atoms with E-state index in [1.54, 1.807) is 0 Å². The number of hydrogen-bond acceptors (Lipinski definition) is 5. The Morgan fingerprint density at radius 1 is 1.36 bits per heavy atom. The molecule has 0 aliphatic carbocycles. The molecule has 1 atom stereocenters. The molecule has 6 nitrogen and oxygen atoms in total. The number of nitrogens with zero attached hydrogens (tertiary/aromatic N) is 1. The maximum atomic E-state index is 13.0. The smallest absolute Gasteiger partial charge is 0.397 e. The molecule has 9 heteroatoms. The first kappa shape index (κ1) is 16.1. The van der Waals surface area contributed by atoms with Crippen LogP contribution >= 0.6 is 0 Å². The van der Waals surface area contributed by atoms with Crippen LogP contribution in [0.5, 0.6) is 0 Å². The number of ketones is 1. The molecule has 1 unspecified atom stereocenters. The molecule has 1 aliphatic heterocycles. The molecule has 1 aliphatic rings. The zero-order valence-electron chi connectivity index (χ0n) is 11.5. The van der Waals surface area contributed by atoms with Gasteiger partial charge >= 0.3 is 6.18 Å². The van der Waals surface area contributed by atoms with Gasteiger partial charge in [-0.05, 0) is 18.2 Å². The van der Waals surface area contributed by atoms with Gasteiger partial charge in [-0.1, -0.05) is 0 Å². The van der Waals surface area contributed by atoms with Gasteiger partial charge in [0.1, 0.15) is 11.8 Å². The first-order valence-corrected chi connectivity index (χ1v) is 6.49. The van der Waals surface area contributed by atoms with Crippen molar-refractivity contribution in [3.05, 3.63) is 23.8 Å². The number of carbonyl (C=O) groups is 2. The molecule has 1 fully saturated rings. The maximum Gasteiger partial charge on any atom is 0.409 e. The highest BCUT2D eigenvalue weighted by atomic mass is 19.4. The lowest BCUT2D eigenvalue weighted by atomic mass is 9.99. The topological polar surface area (TPSA) is 101 Å². The van der Waals surface area contributed by atoms with Gasteiger partial charge in [-0.3, -0.25) is 15.4 Å². The summed E-state index contributed by atoms with van der Waals surface area (Å²) >= 11 is 0. The standard InChI is InChI=1S/C13H15F3N4O2/c14-13(15,16)11-6-8(21)3-4-20(11)12(22)7-1-2-10(19-18)9(17)5-7/h1-2,5,11,19H,3-4,6,17-18H2. The fraction of sp³-hybridized carbons (Fsp3) is 0.385. The number of hydrogen-bond donors (Lipinski definition) is 3. The molecule has 0 aromatic heterocycles. The summed E-state index contributed by atoms with van der Waals surface area (Å²) in [6, 6.07) is 1.88. The molecule has 0 saturated carbocycles. The number of rotatable bonds is 2. The van der Waals surface area contributed by atoms with Crippen molar-refractivity contribution in [2.75, 3.05) is 17.7 Å². The van der Waals surface area contributed by atoms with Gasteiger partial charge in [-0.15, -0.1) is 0 Å². The normalized spacial score (nSPS) is 19.2. The molecule has 5 N–H and O–H groups in total. The molecular weight excluding hydrogens is 301 g/mol. The minimum absolute atomic E-state index is 0.0140. The van der Waals surface area contributed by atoms with E-state index < -0.39 is 30.3 Å². The molecule has 120 valence electrons. The summed E-state index contributed by atoms with van der Waals surface area (Å²) in [5.41, 5.74) is 8.47. The molecule has 0 spiro atoms. The van der Waals surface area contributed by atoms with E-state index in [1.807, 2.05) is 0 Å². The summed E-state index contributed by atoms with van der Waals surface area (Å²) in [4.78, 5) is 24.3. The number of nitrogens with two attached hydrogens (primary N) is 2. The van der Waals surface area contributed by atoms with E-state index >= 15 is 0 Å². The monoisotopic (exact) mass is 316 g/mol. The van der Waals surface area contributed by atoms with Crippen LogP contribution in [0.2, 0.25) is 0 Å².